The number of amides is 3. The SMILES string of the molecule is O=C(NCC1CC1)c1c(NC(=O)C2CC2)sc2c1CC(C(=O)N1CCS(=O)(=O)CC1)CC2. The molecule has 0 aromatic carbocycles. The second kappa shape index (κ2) is 8.44. The minimum Gasteiger partial charge on any atom is -0.352 e. The van der Waals surface area contributed by atoms with Gasteiger partial charge in [0, 0.05) is 36.3 Å². The van der Waals surface area contributed by atoms with E-state index in [4.69, 9.17) is 0 Å². The number of sulfone groups is 1. The minimum atomic E-state index is -3.05. The monoisotopic (exact) mass is 479 g/mol. The molecule has 0 radical (unpaired) electrons. The average Bonchev–Trinajstić information content (AvgIpc) is 3.67. The summed E-state index contributed by atoms with van der Waals surface area (Å²) in [6.45, 7) is 1.13. The Morgan fingerprint density at radius 3 is 2.38 bits per heavy atom. The van der Waals surface area contributed by atoms with Crippen molar-refractivity contribution in [2.75, 3.05) is 36.5 Å². The number of carbonyl (C=O) groups excluding carboxylic acids is 3. The van der Waals surface area contributed by atoms with Crippen LogP contribution in [0.1, 0.15) is 52.9 Å². The molecule has 1 aromatic heterocycles. The summed E-state index contributed by atoms with van der Waals surface area (Å²) in [5, 5.41) is 6.62. The maximum atomic E-state index is 13.1. The van der Waals surface area contributed by atoms with Crippen LogP contribution in [-0.2, 0) is 32.3 Å². The van der Waals surface area contributed by atoms with Gasteiger partial charge in [-0.05, 0) is 56.4 Å². The highest BCUT2D eigenvalue weighted by atomic mass is 32.2. The molecule has 1 atom stereocenters. The molecule has 10 heteroatoms. The van der Waals surface area contributed by atoms with Gasteiger partial charge in [-0.3, -0.25) is 14.4 Å². The number of nitrogens with zero attached hydrogens (tertiary/aromatic N) is 1. The number of nitrogens with one attached hydrogen (secondary N) is 2. The lowest BCUT2D eigenvalue weighted by molar-refractivity contribution is -0.135. The van der Waals surface area contributed by atoms with Crippen LogP contribution >= 0.6 is 11.3 Å². The normalized spacial score (nSPS) is 24.5. The van der Waals surface area contributed by atoms with Crippen LogP contribution in [0.5, 0.6) is 0 Å². The van der Waals surface area contributed by atoms with Gasteiger partial charge in [-0.25, -0.2) is 8.42 Å². The van der Waals surface area contributed by atoms with Crippen molar-refractivity contribution in [2.24, 2.45) is 17.8 Å². The fraction of sp³-hybridized carbons (Fsp3) is 0.682. The first kappa shape index (κ1) is 21.9. The fourth-order valence-corrected chi connectivity index (χ4v) is 6.97. The number of fused-ring (bicyclic) bond motifs is 1. The van der Waals surface area contributed by atoms with Crippen LogP contribution in [0, 0.1) is 17.8 Å². The number of thiophene rings is 1. The molecular formula is C22H29N3O5S2. The number of aryl methyl sites for hydroxylation is 1. The number of hydrogen-bond donors (Lipinski definition) is 2. The predicted octanol–water partition coefficient (Wildman–Crippen LogP) is 1.60. The smallest absolute Gasteiger partial charge is 0.254 e. The molecule has 2 heterocycles. The highest BCUT2D eigenvalue weighted by Crippen LogP contribution is 2.41. The zero-order valence-corrected chi connectivity index (χ0v) is 19.7. The maximum absolute atomic E-state index is 13.1. The summed E-state index contributed by atoms with van der Waals surface area (Å²) in [5.41, 5.74) is 1.40. The van der Waals surface area contributed by atoms with Gasteiger partial charge in [0.2, 0.25) is 11.8 Å². The maximum Gasteiger partial charge on any atom is 0.254 e. The lowest BCUT2D eigenvalue weighted by atomic mass is 9.85. The van der Waals surface area contributed by atoms with Crippen molar-refractivity contribution in [3.8, 4) is 0 Å². The molecule has 3 fully saturated rings. The Morgan fingerprint density at radius 2 is 1.72 bits per heavy atom. The second-order valence-electron chi connectivity index (χ2n) is 9.54. The van der Waals surface area contributed by atoms with Crippen LogP contribution in [0.2, 0.25) is 0 Å². The van der Waals surface area contributed by atoms with Gasteiger partial charge in [-0.2, -0.15) is 0 Å². The van der Waals surface area contributed by atoms with Crippen LogP contribution in [0.3, 0.4) is 0 Å². The topological polar surface area (TPSA) is 113 Å². The molecule has 1 unspecified atom stereocenters. The molecule has 1 saturated heterocycles. The van der Waals surface area contributed by atoms with Gasteiger partial charge in [-0.15, -0.1) is 11.3 Å². The van der Waals surface area contributed by atoms with Crippen molar-refractivity contribution in [3.05, 3.63) is 16.0 Å². The van der Waals surface area contributed by atoms with Crippen LogP contribution < -0.4 is 10.6 Å². The summed E-state index contributed by atoms with van der Waals surface area (Å²) in [6, 6.07) is 0. The summed E-state index contributed by atoms with van der Waals surface area (Å²) < 4.78 is 23.4. The number of hydrogen-bond acceptors (Lipinski definition) is 6. The third-order valence-electron chi connectivity index (χ3n) is 6.93. The average molecular weight is 480 g/mol. The number of rotatable bonds is 6. The van der Waals surface area contributed by atoms with E-state index >= 15 is 0 Å². The molecular weight excluding hydrogens is 450 g/mol. The first-order valence-corrected chi connectivity index (χ1v) is 14.2. The summed E-state index contributed by atoms with van der Waals surface area (Å²) in [5.74, 6) is 0.135. The van der Waals surface area contributed by atoms with Crippen molar-refractivity contribution in [1.29, 1.82) is 0 Å². The third-order valence-corrected chi connectivity index (χ3v) is 9.74. The third kappa shape index (κ3) is 4.71. The van der Waals surface area contributed by atoms with Crippen molar-refractivity contribution >= 4 is 43.9 Å². The lowest BCUT2D eigenvalue weighted by Crippen LogP contribution is -2.47. The van der Waals surface area contributed by atoms with Gasteiger partial charge in [0.25, 0.3) is 5.91 Å². The fourth-order valence-electron chi connectivity index (χ4n) is 4.52. The van der Waals surface area contributed by atoms with E-state index in [0.717, 1.165) is 36.1 Å². The van der Waals surface area contributed by atoms with E-state index in [1.807, 2.05) is 0 Å². The van der Waals surface area contributed by atoms with Gasteiger partial charge in [0.05, 0.1) is 17.1 Å². The largest absolute Gasteiger partial charge is 0.352 e. The standard InChI is InChI=1S/C22H29N3O5S2/c26-19(14-3-4-14)24-21-18(20(27)23-12-13-1-2-13)16-11-15(5-6-17(16)31-21)22(28)25-7-9-32(29,30)10-8-25/h13-15H,1-12H2,(H,23,27)(H,24,26). The predicted molar refractivity (Wildman–Crippen MR) is 121 cm³/mol. The van der Waals surface area contributed by atoms with Gasteiger partial charge < -0.3 is 15.5 Å². The molecule has 4 aliphatic rings. The summed E-state index contributed by atoms with van der Waals surface area (Å²) in [7, 11) is -3.05. The molecule has 8 nitrogen and oxygen atoms in total. The van der Waals surface area contributed by atoms with E-state index in [9.17, 15) is 22.8 Å². The van der Waals surface area contributed by atoms with Crippen LogP contribution in [0.15, 0.2) is 0 Å². The van der Waals surface area contributed by atoms with Gasteiger partial charge in [0.15, 0.2) is 9.84 Å². The van der Waals surface area contributed by atoms with Crippen LogP contribution in [-0.4, -0.2) is 62.2 Å². The zero-order chi connectivity index (χ0) is 22.5. The second-order valence-corrected chi connectivity index (χ2v) is 13.0. The molecule has 2 saturated carbocycles. The number of anilines is 1. The van der Waals surface area contributed by atoms with Crippen LogP contribution in [0.25, 0.3) is 0 Å². The molecule has 0 bridgehead atoms. The highest BCUT2D eigenvalue weighted by Gasteiger charge is 2.37. The Labute approximate surface area is 192 Å². The zero-order valence-electron chi connectivity index (χ0n) is 18.0. The van der Waals surface area contributed by atoms with E-state index in [2.05, 4.69) is 10.6 Å². The van der Waals surface area contributed by atoms with Crippen molar-refractivity contribution in [2.45, 2.75) is 44.9 Å². The molecule has 1 aliphatic heterocycles. The quantitative estimate of drug-likeness (QED) is 0.644. The first-order chi connectivity index (χ1) is 15.3. The van der Waals surface area contributed by atoms with Crippen molar-refractivity contribution in [1.82, 2.24) is 10.2 Å². The Kier molecular flexibility index (Phi) is 5.77. The molecule has 32 heavy (non-hydrogen) atoms. The van der Waals surface area contributed by atoms with Gasteiger partial charge >= 0.3 is 0 Å². The molecule has 3 aliphatic carbocycles. The lowest BCUT2D eigenvalue weighted by Gasteiger charge is -2.32. The van der Waals surface area contributed by atoms with Crippen molar-refractivity contribution in [3.63, 3.8) is 0 Å². The molecule has 5 rings (SSSR count). The van der Waals surface area contributed by atoms with E-state index < -0.39 is 9.84 Å². The first-order valence-electron chi connectivity index (χ1n) is 11.5. The van der Waals surface area contributed by atoms with E-state index in [1.54, 1.807) is 4.90 Å². The highest BCUT2D eigenvalue weighted by molar-refractivity contribution is 7.91. The van der Waals surface area contributed by atoms with E-state index in [-0.39, 0.29) is 54.2 Å². The molecule has 2 N–H and O–H groups in total. The van der Waals surface area contributed by atoms with E-state index in [1.165, 1.54) is 11.3 Å². The molecule has 174 valence electrons. The Bertz CT molecular complexity index is 1040. The number of carbonyl (C=O) groups is 3. The minimum absolute atomic E-state index is 0.0152. The van der Waals surface area contributed by atoms with Gasteiger partial charge in [-0.1, -0.05) is 0 Å². The van der Waals surface area contributed by atoms with Crippen LogP contribution in [0.4, 0.5) is 5.00 Å². The Balaban J connectivity index is 1.35. The Morgan fingerprint density at radius 1 is 1.00 bits per heavy atom. The summed E-state index contributed by atoms with van der Waals surface area (Å²) in [6.07, 6.45) is 5.87. The summed E-state index contributed by atoms with van der Waals surface area (Å²) >= 11 is 1.47. The summed E-state index contributed by atoms with van der Waals surface area (Å²) in [4.78, 5) is 41.4. The Hall–Kier alpha value is -1.94. The van der Waals surface area contributed by atoms with Crippen molar-refractivity contribution < 1.29 is 22.8 Å². The molecule has 0 spiro atoms. The van der Waals surface area contributed by atoms with Gasteiger partial charge in [0.1, 0.15) is 5.00 Å². The molecule has 1 aromatic rings. The molecule has 3 amide bonds. The van der Waals surface area contributed by atoms with E-state index in [0.29, 0.717) is 42.3 Å².